The molecule has 0 unspecified atom stereocenters. The number of aliphatic imine (C=N–C) groups is 1. The number of nitrogens with zero attached hydrogens (tertiary/aromatic N) is 3. The molecule has 0 radical (unpaired) electrons. The third-order valence-electron chi connectivity index (χ3n) is 3.02. The zero-order valence-corrected chi connectivity index (χ0v) is 11.4. The lowest BCUT2D eigenvalue weighted by atomic mass is 10.1. The molecule has 112 valence electrons. The van der Waals surface area contributed by atoms with Gasteiger partial charge < -0.3 is 5.11 Å². The quantitative estimate of drug-likeness (QED) is 0.488. The maximum absolute atomic E-state index is 11.7. The van der Waals surface area contributed by atoms with Crippen molar-refractivity contribution < 1.29 is 15.0 Å². The van der Waals surface area contributed by atoms with Gasteiger partial charge in [-0.15, -0.1) is 0 Å². The van der Waals surface area contributed by atoms with Crippen molar-refractivity contribution in [2.24, 2.45) is 4.99 Å². The van der Waals surface area contributed by atoms with E-state index in [0.717, 1.165) is 18.2 Å². The minimum Gasteiger partial charge on any atom is -0.872 e. The first kappa shape index (κ1) is 15.1. The topological polar surface area (TPSA) is 122 Å². The Balaban J connectivity index is 2.41. The summed E-state index contributed by atoms with van der Waals surface area (Å²) in [6.45, 7) is 1.54. The first-order chi connectivity index (χ1) is 10.4. The Labute approximate surface area is 124 Å². The van der Waals surface area contributed by atoms with Crippen molar-refractivity contribution in [2.75, 3.05) is 0 Å². The molecule has 0 N–H and O–H groups in total. The smallest absolute Gasteiger partial charge is 0.274 e. The van der Waals surface area contributed by atoms with Gasteiger partial charge in [0.15, 0.2) is 0 Å². The summed E-state index contributed by atoms with van der Waals surface area (Å²) in [6.07, 6.45) is 1.17. The monoisotopic (exact) mass is 300 g/mol. The van der Waals surface area contributed by atoms with E-state index in [9.17, 15) is 25.3 Å². The zero-order chi connectivity index (χ0) is 16.3. The molecule has 0 aromatic heterocycles. The van der Waals surface area contributed by atoms with Crippen LogP contribution < -0.4 is 5.11 Å². The summed E-state index contributed by atoms with van der Waals surface area (Å²) in [5, 5.41) is 33.2. The highest BCUT2D eigenvalue weighted by Gasteiger charge is 2.12. The van der Waals surface area contributed by atoms with Gasteiger partial charge in [-0.2, -0.15) is 0 Å². The van der Waals surface area contributed by atoms with Gasteiger partial charge in [-0.1, -0.05) is 17.9 Å². The molecule has 0 saturated heterocycles. The van der Waals surface area contributed by atoms with Crippen LogP contribution in [0, 0.1) is 27.2 Å². The number of benzene rings is 2. The summed E-state index contributed by atoms with van der Waals surface area (Å²) in [5.74, 6) is -0.419. The van der Waals surface area contributed by atoms with Crippen LogP contribution in [-0.2, 0) is 0 Å². The number of non-ortho nitro benzene ring substituents is 1. The lowest BCUT2D eigenvalue weighted by Crippen LogP contribution is -1.98. The van der Waals surface area contributed by atoms with Crippen LogP contribution in [0.2, 0.25) is 0 Å². The first-order valence-electron chi connectivity index (χ1n) is 6.13. The van der Waals surface area contributed by atoms with Gasteiger partial charge in [0.25, 0.3) is 11.4 Å². The Morgan fingerprint density at radius 1 is 1.09 bits per heavy atom. The molecule has 2 rings (SSSR count). The standard InChI is InChI=1S/C14H11N3O5/c1-9-12(3-2-4-13(9)17(21)22)15-8-10-7-11(16(19)20)5-6-14(10)18/h2-8,18H,1H3/p-1. The van der Waals surface area contributed by atoms with Gasteiger partial charge >= 0.3 is 0 Å². The van der Waals surface area contributed by atoms with Crippen molar-refractivity contribution >= 4 is 23.3 Å². The highest BCUT2D eigenvalue weighted by atomic mass is 16.6. The molecule has 0 atom stereocenters. The van der Waals surface area contributed by atoms with Crippen LogP contribution in [-0.4, -0.2) is 16.1 Å². The molecule has 0 fully saturated rings. The Hall–Kier alpha value is -3.29. The Kier molecular flexibility index (Phi) is 4.12. The average Bonchev–Trinajstić information content (AvgIpc) is 2.47. The molecule has 2 aromatic rings. The molecule has 2 aromatic carbocycles. The summed E-state index contributed by atoms with van der Waals surface area (Å²) in [5.41, 5.74) is 0.398. The maximum atomic E-state index is 11.7. The van der Waals surface area contributed by atoms with Crippen LogP contribution in [0.15, 0.2) is 41.4 Å². The van der Waals surface area contributed by atoms with Crippen molar-refractivity contribution in [3.63, 3.8) is 0 Å². The van der Waals surface area contributed by atoms with E-state index in [-0.39, 0.29) is 16.9 Å². The largest absolute Gasteiger partial charge is 0.872 e. The predicted octanol–water partition coefficient (Wildman–Crippen LogP) is 2.64. The van der Waals surface area contributed by atoms with Crippen LogP contribution in [0.1, 0.15) is 11.1 Å². The summed E-state index contributed by atoms with van der Waals surface area (Å²) >= 11 is 0. The first-order valence-corrected chi connectivity index (χ1v) is 6.13. The molecule has 0 aliphatic heterocycles. The van der Waals surface area contributed by atoms with Crippen LogP contribution in [0.5, 0.6) is 5.75 Å². The van der Waals surface area contributed by atoms with E-state index in [1.165, 1.54) is 25.3 Å². The minimum absolute atomic E-state index is 0.0418. The molecule has 0 spiro atoms. The van der Waals surface area contributed by atoms with Crippen LogP contribution in [0.25, 0.3) is 0 Å². The Bertz CT molecular complexity index is 782. The van der Waals surface area contributed by atoms with E-state index >= 15 is 0 Å². The molecule has 8 nitrogen and oxygen atoms in total. The summed E-state index contributed by atoms with van der Waals surface area (Å²) < 4.78 is 0. The van der Waals surface area contributed by atoms with E-state index in [1.807, 2.05) is 0 Å². The van der Waals surface area contributed by atoms with Gasteiger partial charge in [0.05, 0.1) is 21.1 Å². The van der Waals surface area contributed by atoms with Crippen molar-refractivity contribution in [3.05, 3.63) is 67.8 Å². The SMILES string of the molecule is Cc1c(N=Cc2cc([N+](=O)[O-])ccc2[O-])cccc1[N+](=O)[O-]. The van der Waals surface area contributed by atoms with E-state index < -0.39 is 15.6 Å². The number of hydrogen-bond donors (Lipinski definition) is 0. The average molecular weight is 300 g/mol. The lowest BCUT2D eigenvalue weighted by molar-refractivity contribution is -0.385. The van der Waals surface area contributed by atoms with E-state index in [4.69, 9.17) is 0 Å². The summed E-state index contributed by atoms with van der Waals surface area (Å²) in [7, 11) is 0. The molecule has 22 heavy (non-hydrogen) atoms. The second-order valence-electron chi connectivity index (χ2n) is 4.42. The van der Waals surface area contributed by atoms with Crippen molar-refractivity contribution in [3.8, 4) is 5.75 Å². The molecule has 0 heterocycles. The highest BCUT2D eigenvalue weighted by molar-refractivity contribution is 5.86. The Morgan fingerprint density at radius 2 is 1.82 bits per heavy atom. The molecule has 0 aliphatic carbocycles. The van der Waals surface area contributed by atoms with Gasteiger partial charge in [-0.3, -0.25) is 25.2 Å². The molecule has 0 amide bonds. The summed E-state index contributed by atoms with van der Waals surface area (Å²) in [4.78, 5) is 24.4. The molecule has 0 bridgehead atoms. The van der Waals surface area contributed by atoms with Gasteiger partial charge in [-0.05, 0) is 18.6 Å². The van der Waals surface area contributed by atoms with Gasteiger partial charge in [-0.25, -0.2) is 0 Å². The van der Waals surface area contributed by atoms with Crippen LogP contribution in [0.4, 0.5) is 17.1 Å². The van der Waals surface area contributed by atoms with Gasteiger partial charge in [0, 0.05) is 24.4 Å². The normalized spacial score (nSPS) is 10.8. The van der Waals surface area contributed by atoms with E-state index in [1.54, 1.807) is 6.07 Å². The number of nitro groups is 2. The summed E-state index contributed by atoms with van der Waals surface area (Å²) in [6, 6.07) is 7.68. The second kappa shape index (κ2) is 6.00. The zero-order valence-electron chi connectivity index (χ0n) is 11.4. The van der Waals surface area contributed by atoms with Crippen molar-refractivity contribution in [1.82, 2.24) is 0 Å². The molecular formula is C14H10N3O5-. The third kappa shape index (κ3) is 3.06. The van der Waals surface area contributed by atoms with E-state index in [0.29, 0.717) is 11.3 Å². The predicted molar refractivity (Wildman–Crippen MR) is 77.6 cm³/mol. The molecule has 0 saturated carbocycles. The number of nitro benzene ring substituents is 2. The van der Waals surface area contributed by atoms with Gasteiger partial charge in [0.1, 0.15) is 0 Å². The van der Waals surface area contributed by atoms with Gasteiger partial charge in [0.2, 0.25) is 0 Å². The lowest BCUT2D eigenvalue weighted by Gasteiger charge is -2.08. The molecule has 8 heteroatoms. The van der Waals surface area contributed by atoms with Crippen molar-refractivity contribution in [2.45, 2.75) is 6.92 Å². The second-order valence-corrected chi connectivity index (χ2v) is 4.42. The van der Waals surface area contributed by atoms with Crippen LogP contribution in [0.3, 0.4) is 0 Å². The Morgan fingerprint density at radius 3 is 2.45 bits per heavy atom. The fraction of sp³-hybridized carbons (Fsp3) is 0.0714. The molecular weight excluding hydrogens is 290 g/mol. The highest BCUT2D eigenvalue weighted by Crippen LogP contribution is 2.28. The fourth-order valence-electron chi connectivity index (χ4n) is 1.84. The molecule has 0 aliphatic rings. The van der Waals surface area contributed by atoms with Crippen molar-refractivity contribution in [1.29, 1.82) is 0 Å². The van der Waals surface area contributed by atoms with Crippen LogP contribution >= 0.6 is 0 Å². The maximum Gasteiger partial charge on any atom is 0.274 e. The van der Waals surface area contributed by atoms with E-state index in [2.05, 4.69) is 4.99 Å². The number of hydrogen-bond acceptors (Lipinski definition) is 6. The fourth-order valence-corrected chi connectivity index (χ4v) is 1.84. The third-order valence-corrected chi connectivity index (χ3v) is 3.02. The number of rotatable bonds is 4. The minimum atomic E-state index is -0.616.